The summed E-state index contributed by atoms with van der Waals surface area (Å²) < 4.78 is 0. The fraction of sp³-hybridized carbons (Fsp3) is 1.00. The summed E-state index contributed by atoms with van der Waals surface area (Å²) in [6.45, 7) is 11.5. The zero-order valence-corrected chi connectivity index (χ0v) is 11.4. The molecule has 0 aliphatic heterocycles. The maximum atomic E-state index is 4.25. The molecule has 0 aromatic rings. The quantitative estimate of drug-likeness (QED) is 0.471. The van der Waals surface area contributed by atoms with Crippen LogP contribution in [-0.4, -0.2) is 30.6 Å². The van der Waals surface area contributed by atoms with Crippen LogP contribution in [0.5, 0.6) is 0 Å². The molecule has 0 radical (unpaired) electrons. The highest BCUT2D eigenvalue weighted by atomic mass is 31.1. The number of hydrogen-bond acceptors (Lipinski definition) is 2. The molecule has 3 heteroatoms. The second-order valence-electron chi connectivity index (χ2n) is 4.13. The Kier molecular flexibility index (Phi) is 7.35. The monoisotopic (exact) mass is 216 g/mol. The van der Waals surface area contributed by atoms with Gasteiger partial charge in [0.1, 0.15) is 0 Å². The lowest BCUT2D eigenvalue weighted by Gasteiger charge is -2.30. The molecule has 84 valence electrons. The van der Waals surface area contributed by atoms with Crippen LogP contribution in [-0.2, 0) is 0 Å². The fourth-order valence-corrected chi connectivity index (χ4v) is 4.74. The molecule has 0 saturated carbocycles. The van der Waals surface area contributed by atoms with E-state index >= 15 is 0 Å². The van der Waals surface area contributed by atoms with E-state index in [4.69, 9.17) is 0 Å². The summed E-state index contributed by atoms with van der Waals surface area (Å²) in [5.74, 6) is 0. The van der Waals surface area contributed by atoms with Gasteiger partial charge in [0.25, 0.3) is 0 Å². The van der Waals surface area contributed by atoms with Crippen molar-refractivity contribution in [1.82, 2.24) is 0 Å². The van der Waals surface area contributed by atoms with Gasteiger partial charge in [-0.05, 0) is 18.7 Å². The molecule has 2 nitrogen and oxygen atoms in total. The van der Waals surface area contributed by atoms with Crippen molar-refractivity contribution in [3.8, 4) is 0 Å². The highest BCUT2D eigenvalue weighted by Crippen LogP contribution is 2.48. The summed E-state index contributed by atoms with van der Waals surface area (Å²) in [4.78, 5) is 0. The summed E-state index contributed by atoms with van der Waals surface area (Å²) in [6, 6.07) is 0.389. The molecular formula is C11H25N2P. The molecule has 0 saturated heterocycles. The third-order valence-electron chi connectivity index (χ3n) is 2.66. The van der Waals surface area contributed by atoms with Crippen molar-refractivity contribution in [2.45, 2.75) is 58.4 Å². The number of nitrogens with zero attached hydrogens (tertiary/aromatic N) is 2. The second kappa shape index (κ2) is 7.34. The SMILES string of the molecule is CCCP(C(C)C)C(C)C(C)N=NC. The van der Waals surface area contributed by atoms with E-state index in [1.54, 1.807) is 7.05 Å². The van der Waals surface area contributed by atoms with Crippen LogP contribution < -0.4 is 0 Å². The van der Waals surface area contributed by atoms with Crippen LogP contribution in [0, 0.1) is 0 Å². The van der Waals surface area contributed by atoms with Gasteiger partial charge in [0, 0.05) is 12.7 Å². The molecule has 0 heterocycles. The Morgan fingerprint density at radius 1 is 1.14 bits per heavy atom. The van der Waals surface area contributed by atoms with Crippen molar-refractivity contribution in [2.75, 3.05) is 13.2 Å². The summed E-state index contributed by atoms with van der Waals surface area (Å²) >= 11 is 0. The molecule has 3 unspecified atom stereocenters. The zero-order valence-electron chi connectivity index (χ0n) is 10.5. The molecule has 0 bridgehead atoms. The van der Waals surface area contributed by atoms with Crippen molar-refractivity contribution in [3.05, 3.63) is 0 Å². The van der Waals surface area contributed by atoms with Gasteiger partial charge in [-0.3, -0.25) is 0 Å². The highest BCUT2D eigenvalue weighted by molar-refractivity contribution is 7.59. The van der Waals surface area contributed by atoms with Gasteiger partial charge in [-0.1, -0.05) is 42.0 Å². The first-order valence-corrected chi connectivity index (χ1v) is 7.25. The molecular weight excluding hydrogens is 191 g/mol. The Morgan fingerprint density at radius 2 is 1.71 bits per heavy atom. The molecule has 0 rings (SSSR count). The molecule has 3 atom stereocenters. The molecule has 0 aromatic carbocycles. The first-order valence-electron chi connectivity index (χ1n) is 5.59. The molecule has 0 spiro atoms. The fourth-order valence-electron chi connectivity index (χ4n) is 1.75. The lowest BCUT2D eigenvalue weighted by atomic mass is 10.3. The van der Waals surface area contributed by atoms with Crippen molar-refractivity contribution in [3.63, 3.8) is 0 Å². The Labute approximate surface area is 90.3 Å². The Bertz CT molecular complexity index is 169. The van der Waals surface area contributed by atoms with Gasteiger partial charge in [0.15, 0.2) is 0 Å². The van der Waals surface area contributed by atoms with Crippen molar-refractivity contribution in [1.29, 1.82) is 0 Å². The van der Waals surface area contributed by atoms with Crippen LogP contribution >= 0.6 is 7.92 Å². The lowest BCUT2D eigenvalue weighted by Crippen LogP contribution is -2.20. The minimum atomic E-state index is 0.114. The van der Waals surface area contributed by atoms with Crippen molar-refractivity contribution in [2.24, 2.45) is 10.2 Å². The van der Waals surface area contributed by atoms with Crippen molar-refractivity contribution < 1.29 is 0 Å². The second-order valence-corrected chi connectivity index (χ2v) is 7.45. The number of rotatable bonds is 6. The Hall–Kier alpha value is 0.0300. The Balaban J connectivity index is 4.33. The summed E-state index contributed by atoms with van der Waals surface area (Å²) in [7, 11) is 1.88. The highest BCUT2D eigenvalue weighted by Gasteiger charge is 2.23. The summed E-state index contributed by atoms with van der Waals surface area (Å²) in [5, 5.41) is 8.15. The normalized spacial score (nSPS) is 18.8. The predicted octanol–water partition coefficient (Wildman–Crippen LogP) is 4.15. The van der Waals surface area contributed by atoms with E-state index in [1.165, 1.54) is 12.6 Å². The van der Waals surface area contributed by atoms with Crippen LogP contribution in [0.4, 0.5) is 0 Å². The smallest absolute Gasteiger partial charge is 0.0744 e. The average Bonchev–Trinajstić information content (AvgIpc) is 2.13. The first kappa shape index (κ1) is 14.0. The first-order chi connectivity index (χ1) is 6.54. The molecule has 14 heavy (non-hydrogen) atoms. The minimum absolute atomic E-state index is 0.114. The molecule has 0 N–H and O–H groups in total. The van der Waals surface area contributed by atoms with E-state index in [1.807, 2.05) is 0 Å². The van der Waals surface area contributed by atoms with E-state index in [9.17, 15) is 0 Å². The third kappa shape index (κ3) is 4.50. The van der Waals surface area contributed by atoms with Crippen LogP contribution in [0.3, 0.4) is 0 Å². The lowest BCUT2D eigenvalue weighted by molar-refractivity contribution is 0.674. The molecule has 0 amide bonds. The Morgan fingerprint density at radius 3 is 2.07 bits per heavy atom. The minimum Gasteiger partial charge on any atom is -0.197 e. The number of azo groups is 1. The molecule has 0 aromatic heterocycles. The standard InChI is InChI=1S/C11H25N2P/c1-7-8-14(9(2)3)11(5)10(4)13-12-6/h9-11H,7-8H2,1-6H3. The van der Waals surface area contributed by atoms with Gasteiger partial charge in [-0.25, -0.2) is 0 Å². The van der Waals surface area contributed by atoms with Crippen LogP contribution in [0.15, 0.2) is 10.2 Å². The molecule has 0 fully saturated rings. The van der Waals surface area contributed by atoms with Crippen LogP contribution in [0.2, 0.25) is 0 Å². The van der Waals surface area contributed by atoms with E-state index in [0.29, 0.717) is 11.7 Å². The average molecular weight is 216 g/mol. The van der Waals surface area contributed by atoms with Crippen LogP contribution in [0.1, 0.15) is 41.0 Å². The maximum absolute atomic E-state index is 4.25. The van der Waals surface area contributed by atoms with Gasteiger partial charge >= 0.3 is 0 Å². The third-order valence-corrected chi connectivity index (χ3v) is 6.43. The molecule has 0 aliphatic carbocycles. The molecule has 0 aliphatic rings. The topological polar surface area (TPSA) is 24.7 Å². The largest absolute Gasteiger partial charge is 0.197 e. The predicted molar refractivity (Wildman–Crippen MR) is 66.9 cm³/mol. The van der Waals surface area contributed by atoms with Crippen molar-refractivity contribution >= 4 is 7.92 Å². The van der Waals surface area contributed by atoms with E-state index in [2.05, 4.69) is 44.8 Å². The maximum Gasteiger partial charge on any atom is 0.0744 e. The summed E-state index contributed by atoms with van der Waals surface area (Å²) in [6.07, 6.45) is 2.67. The van der Waals surface area contributed by atoms with E-state index in [-0.39, 0.29) is 7.92 Å². The van der Waals surface area contributed by atoms with E-state index in [0.717, 1.165) is 5.66 Å². The van der Waals surface area contributed by atoms with Gasteiger partial charge in [0.05, 0.1) is 6.04 Å². The zero-order chi connectivity index (χ0) is 11.1. The summed E-state index contributed by atoms with van der Waals surface area (Å²) in [5.41, 5.74) is 1.52. The van der Waals surface area contributed by atoms with Gasteiger partial charge < -0.3 is 0 Å². The van der Waals surface area contributed by atoms with Gasteiger partial charge in [-0.2, -0.15) is 10.2 Å². The van der Waals surface area contributed by atoms with Crippen LogP contribution in [0.25, 0.3) is 0 Å². The van der Waals surface area contributed by atoms with Gasteiger partial charge in [-0.15, -0.1) is 0 Å². The number of hydrogen-bond donors (Lipinski definition) is 0. The van der Waals surface area contributed by atoms with E-state index < -0.39 is 0 Å². The van der Waals surface area contributed by atoms with Gasteiger partial charge in [0.2, 0.25) is 0 Å².